The predicted octanol–water partition coefficient (Wildman–Crippen LogP) is 3.68. The molecular weight excluding hydrogens is 476 g/mol. The summed E-state index contributed by atoms with van der Waals surface area (Å²) >= 11 is 0. The van der Waals surface area contributed by atoms with Crippen LogP contribution in [0.3, 0.4) is 0 Å². The van der Waals surface area contributed by atoms with Gasteiger partial charge in [0.2, 0.25) is 10.0 Å². The van der Waals surface area contributed by atoms with Gasteiger partial charge < -0.3 is 9.30 Å². The average Bonchev–Trinajstić information content (AvgIpc) is 3.24. The van der Waals surface area contributed by atoms with Crippen LogP contribution in [0.5, 0.6) is 5.75 Å². The number of aromatic nitrogens is 3. The summed E-state index contributed by atoms with van der Waals surface area (Å²) in [5.74, 6) is 0.602. The largest absolute Gasteiger partial charge is 0.490 e. The molecule has 2 heterocycles. The first-order chi connectivity index (χ1) is 17.2. The molecule has 9 heteroatoms. The van der Waals surface area contributed by atoms with Crippen LogP contribution in [-0.4, -0.2) is 34.6 Å². The van der Waals surface area contributed by atoms with Gasteiger partial charge in [-0.25, -0.2) is 13.6 Å². The highest BCUT2D eigenvalue weighted by molar-refractivity contribution is 7.89. The van der Waals surface area contributed by atoms with Crippen LogP contribution in [0.2, 0.25) is 0 Å². The minimum Gasteiger partial charge on any atom is -0.490 e. The molecule has 0 atom stereocenters. The van der Waals surface area contributed by atoms with E-state index in [1.165, 1.54) is 6.07 Å². The highest BCUT2D eigenvalue weighted by Gasteiger charge is 2.26. The summed E-state index contributed by atoms with van der Waals surface area (Å²) in [4.78, 5) is 12.5. The molecule has 0 amide bonds. The van der Waals surface area contributed by atoms with E-state index in [1.807, 2.05) is 47.4 Å². The van der Waals surface area contributed by atoms with Crippen molar-refractivity contribution in [2.45, 2.75) is 38.3 Å². The molecular formula is C27H30N4O4S. The summed E-state index contributed by atoms with van der Waals surface area (Å²) in [7, 11) is -1.75. The van der Waals surface area contributed by atoms with E-state index in [-0.39, 0.29) is 23.3 Å². The molecule has 36 heavy (non-hydrogen) atoms. The average molecular weight is 507 g/mol. The zero-order valence-corrected chi connectivity index (χ0v) is 21.0. The van der Waals surface area contributed by atoms with E-state index in [0.29, 0.717) is 12.3 Å². The van der Waals surface area contributed by atoms with Crippen LogP contribution in [-0.2, 0) is 23.6 Å². The predicted molar refractivity (Wildman–Crippen MR) is 140 cm³/mol. The van der Waals surface area contributed by atoms with E-state index in [2.05, 4.69) is 23.3 Å². The summed E-state index contributed by atoms with van der Waals surface area (Å²) in [5, 5.41) is 10.8. The first kappa shape index (κ1) is 24.3. The monoisotopic (exact) mass is 506 g/mol. The smallest absolute Gasteiger partial charge is 0.254 e. The lowest BCUT2D eigenvalue weighted by Crippen LogP contribution is -2.30. The van der Waals surface area contributed by atoms with Gasteiger partial charge in [-0.05, 0) is 48.8 Å². The van der Waals surface area contributed by atoms with Crippen LogP contribution >= 0.6 is 0 Å². The number of nitrogens with two attached hydrogens (primary N) is 1. The number of benzene rings is 2. The van der Waals surface area contributed by atoms with Crippen LogP contribution in [0.15, 0.2) is 71.8 Å². The fourth-order valence-electron chi connectivity index (χ4n) is 4.97. The van der Waals surface area contributed by atoms with E-state index in [0.717, 1.165) is 53.3 Å². The Kier molecular flexibility index (Phi) is 6.68. The standard InChI is InChI=1S/C27H30N4O4S/c1-30-17-24(26(14-27(30)32)35-23-11-7-20(8-12-23)18-36(28,33)34)21-9-10-22-15-29-31(25(22)13-21)16-19-5-3-2-4-6-19/h2-6,9-10,13-15,17,20,23H,7-8,11-12,16,18H2,1H3,(H2,28,33,34). The maximum atomic E-state index is 12.5. The number of aryl methyl sites for hydroxylation is 1. The second kappa shape index (κ2) is 9.91. The van der Waals surface area contributed by atoms with E-state index in [9.17, 15) is 13.2 Å². The second-order valence-electron chi connectivity index (χ2n) is 9.65. The van der Waals surface area contributed by atoms with Crippen LogP contribution in [0.4, 0.5) is 0 Å². The van der Waals surface area contributed by atoms with Gasteiger partial charge in [-0.3, -0.25) is 9.48 Å². The van der Waals surface area contributed by atoms with Crippen molar-refractivity contribution in [1.29, 1.82) is 0 Å². The molecule has 0 saturated heterocycles. The van der Waals surface area contributed by atoms with Gasteiger partial charge >= 0.3 is 0 Å². The Morgan fingerprint density at radius 2 is 1.81 bits per heavy atom. The summed E-state index contributed by atoms with van der Waals surface area (Å²) < 4.78 is 32.8. The van der Waals surface area contributed by atoms with Gasteiger partial charge in [0.25, 0.3) is 5.56 Å². The van der Waals surface area contributed by atoms with Gasteiger partial charge in [-0.1, -0.05) is 42.5 Å². The normalized spacial score (nSPS) is 18.4. The Labute approximate surface area is 210 Å². The van der Waals surface area contributed by atoms with Gasteiger partial charge in [-0.15, -0.1) is 0 Å². The number of ether oxygens (including phenoxy) is 1. The van der Waals surface area contributed by atoms with Crippen molar-refractivity contribution >= 4 is 20.9 Å². The minimum absolute atomic E-state index is 0.00747. The molecule has 1 fully saturated rings. The quantitative estimate of drug-likeness (QED) is 0.411. The lowest BCUT2D eigenvalue weighted by Gasteiger charge is -2.29. The molecule has 5 rings (SSSR count). The van der Waals surface area contributed by atoms with Crippen molar-refractivity contribution in [2.24, 2.45) is 18.1 Å². The second-order valence-corrected chi connectivity index (χ2v) is 11.3. The third kappa shape index (κ3) is 5.52. The van der Waals surface area contributed by atoms with Crippen molar-refractivity contribution in [3.8, 4) is 16.9 Å². The maximum Gasteiger partial charge on any atom is 0.254 e. The van der Waals surface area contributed by atoms with Gasteiger partial charge in [0.05, 0.1) is 30.1 Å². The van der Waals surface area contributed by atoms with Crippen molar-refractivity contribution in [2.75, 3.05) is 5.75 Å². The van der Waals surface area contributed by atoms with E-state index in [4.69, 9.17) is 9.88 Å². The molecule has 1 saturated carbocycles. The van der Waals surface area contributed by atoms with Gasteiger partial charge in [0.1, 0.15) is 5.75 Å². The molecule has 0 spiro atoms. The summed E-state index contributed by atoms with van der Waals surface area (Å²) in [6.45, 7) is 0.659. The van der Waals surface area contributed by atoms with Crippen LogP contribution in [0.25, 0.3) is 22.0 Å². The topological polar surface area (TPSA) is 109 Å². The summed E-state index contributed by atoms with van der Waals surface area (Å²) in [6.07, 6.45) is 6.48. The number of hydrogen-bond acceptors (Lipinski definition) is 5. The zero-order chi connectivity index (χ0) is 25.3. The molecule has 8 nitrogen and oxygen atoms in total. The molecule has 1 aliphatic rings. The molecule has 2 aromatic heterocycles. The van der Waals surface area contributed by atoms with Crippen LogP contribution in [0.1, 0.15) is 31.2 Å². The maximum absolute atomic E-state index is 12.5. The fourth-order valence-corrected chi connectivity index (χ4v) is 5.96. The third-order valence-electron chi connectivity index (χ3n) is 6.88. The molecule has 0 bridgehead atoms. The number of fused-ring (bicyclic) bond motifs is 1. The van der Waals surface area contributed by atoms with Gasteiger partial charge in [0, 0.05) is 30.3 Å². The lowest BCUT2D eigenvalue weighted by atomic mass is 9.88. The molecule has 188 valence electrons. The number of rotatable bonds is 7. The number of hydrogen-bond donors (Lipinski definition) is 1. The Hall–Kier alpha value is -3.43. The number of pyridine rings is 1. The first-order valence-electron chi connectivity index (χ1n) is 12.1. The first-order valence-corrected chi connectivity index (χ1v) is 13.8. The number of nitrogens with zero attached hydrogens (tertiary/aromatic N) is 3. The zero-order valence-electron chi connectivity index (χ0n) is 20.2. The van der Waals surface area contributed by atoms with Crippen molar-refractivity contribution in [3.63, 3.8) is 0 Å². The molecule has 0 radical (unpaired) electrons. The van der Waals surface area contributed by atoms with Gasteiger partial charge in [-0.2, -0.15) is 5.10 Å². The van der Waals surface area contributed by atoms with Gasteiger partial charge in [0.15, 0.2) is 0 Å². The Bertz CT molecular complexity index is 1540. The van der Waals surface area contributed by atoms with Crippen molar-refractivity contribution in [1.82, 2.24) is 14.3 Å². The highest BCUT2D eigenvalue weighted by atomic mass is 32.2. The van der Waals surface area contributed by atoms with Crippen LogP contribution < -0.4 is 15.4 Å². The summed E-state index contributed by atoms with van der Waals surface area (Å²) in [5.41, 5.74) is 3.78. The Morgan fingerprint density at radius 3 is 2.53 bits per heavy atom. The summed E-state index contributed by atoms with van der Waals surface area (Å²) in [6, 6.07) is 17.9. The van der Waals surface area contributed by atoms with E-state index in [1.54, 1.807) is 11.6 Å². The minimum atomic E-state index is -3.48. The third-order valence-corrected chi connectivity index (χ3v) is 7.81. The van der Waals surface area contributed by atoms with Crippen molar-refractivity contribution in [3.05, 3.63) is 82.9 Å². The molecule has 2 N–H and O–H groups in total. The van der Waals surface area contributed by atoms with Crippen molar-refractivity contribution < 1.29 is 13.2 Å². The molecule has 1 aliphatic carbocycles. The highest BCUT2D eigenvalue weighted by Crippen LogP contribution is 2.34. The SMILES string of the molecule is Cn1cc(-c2ccc3cnn(Cc4ccccc4)c3c2)c(OC2CCC(CS(N)(=O)=O)CC2)cc1=O. The molecule has 0 aliphatic heterocycles. The van der Waals surface area contributed by atoms with E-state index >= 15 is 0 Å². The molecule has 0 unspecified atom stereocenters. The lowest BCUT2D eigenvalue weighted by molar-refractivity contribution is 0.136. The molecule has 4 aromatic rings. The Morgan fingerprint density at radius 1 is 1.06 bits per heavy atom. The molecule has 2 aromatic carbocycles. The van der Waals surface area contributed by atoms with Crippen LogP contribution in [0, 0.1) is 5.92 Å². The fraction of sp³-hybridized carbons (Fsp3) is 0.333. The Balaban J connectivity index is 1.42. The number of primary sulfonamides is 1. The number of sulfonamides is 1. The van der Waals surface area contributed by atoms with E-state index < -0.39 is 10.0 Å².